The number of hydrogen-bond donors (Lipinski definition) is 0. The Morgan fingerprint density at radius 3 is 2.04 bits per heavy atom. The number of halogens is 4. The van der Waals surface area contributed by atoms with Crippen LogP contribution in [0, 0.1) is 12.3 Å². The van der Waals surface area contributed by atoms with Gasteiger partial charge in [-0.2, -0.15) is 0 Å². The minimum atomic E-state index is -4.02. The van der Waals surface area contributed by atoms with E-state index in [-0.39, 0.29) is 60.9 Å². The second-order valence-corrected chi connectivity index (χ2v) is 5.54. The molecule has 0 unspecified atom stereocenters. The first-order chi connectivity index (χ1) is 10.7. The second-order valence-electron chi connectivity index (χ2n) is 5.13. The molecule has 24 heavy (non-hydrogen) atoms. The molecule has 5 nitrogen and oxygen atoms in total. The van der Waals surface area contributed by atoms with E-state index in [2.05, 4.69) is 0 Å². The molecule has 136 valence electrons. The van der Waals surface area contributed by atoms with Crippen molar-refractivity contribution in [2.45, 2.75) is 57.3 Å². The third kappa shape index (κ3) is 13.1. The van der Waals surface area contributed by atoms with Crippen LogP contribution in [0.15, 0.2) is 0 Å². The summed E-state index contributed by atoms with van der Waals surface area (Å²) in [7, 11) is -3.11. The Morgan fingerprint density at radius 2 is 1.58 bits per heavy atom. The third-order valence-electron chi connectivity index (χ3n) is 3.34. The van der Waals surface area contributed by atoms with Crippen molar-refractivity contribution >= 4 is 16.6 Å². The maximum atomic E-state index is 12.5. The smallest absolute Gasteiger partial charge is 0.465 e. The molecular formula is C13H19F4NaO5S. The van der Waals surface area contributed by atoms with Crippen molar-refractivity contribution in [2.75, 3.05) is 6.61 Å². The van der Waals surface area contributed by atoms with Crippen LogP contribution in [0.5, 0.6) is 0 Å². The Kier molecular flexibility index (Phi) is 15.2. The quantitative estimate of drug-likeness (QED) is 0.207. The molecule has 1 fully saturated rings. The number of rotatable bonds is 7. The van der Waals surface area contributed by atoms with Crippen LogP contribution in [0.25, 0.3) is 0 Å². The molecule has 0 aromatic carbocycles. The topological polar surface area (TPSA) is 77.5 Å². The van der Waals surface area contributed by atoms with Crippen LogP contribution < -0.4 is 29.6 Å². The molecule has 0 spiro atoms. The fraction of sp³-hybridized carbons (Fsp3) is 0.846. The van der Waals surface area contributed by atoms with Gasteiger partial charge in [-0.3, -0.25) is 4.79 Å². The summed E-state index contributed by atoms with van der Waals surface area (Å²) >= 11 is 0. The van der Waals surface area contributed by atoms with Gasteiger partial charge in [-0.15, -0.1) is 12.6 Å². The molecule has 0 aromatic heterocycles. The molecule has 0 aromatic rings. The van der Waals surface area contributed by atoms with Gasteiger partial charge in [-0.1, -0.05) is 19.3 Å². The van der Waals surface area contributed by atoms with E-state index < -0.39 is 29.4 Å². The molecule has 0 amide bonds. The molecular weight excluding hydrogens is 367 g/mol. The molecule has 0 N–H and O–H groups in total. The molecule has 11 heteroatoms. The van der Waals surface area contributed by atoms with E-state index in [1.165, 1.54) is 0 Å². The van der Waals surface area contributed by atoms with E-state index in [0.717, 1.165) is 32.1 Å². The Morgan fingerprint density at radius 1 is 1.08 bits per heavy atom. The van der Waals surface area contributed by atoms with Crippen LogP contribution >= 0.6 is 0 Å². The van der Waals surface area contributed by atoms with Crippen molar-refractivity contribution in [3.8, 4) is 0 Å². The molecule has 0 heterocycles. The molecule has 0 radical (unpaired) electrons. The van der Waals surface area contributed by atoms with Crippen LogP contribution in [-0.2, 0) is 20.1 Å². The van der Waals surface area contributed by atoms with Crippen molar-refractivity contribution in [3.63, 3.8) is 0 Å². The van der Waals surface area contributed by atoms with Gasteiger partial charge in [0.1, 0.15) is 0 Å². The maximum Gasteiger partial charge on any atom is 1.00 e. The fourth-order valence-electron chi connectivity index (χ4n) is 2.17. The van der Waals surface area contributed by atoms with E-state index in [1.54, 1.807) is 0 Å². The Hall–Kier alpha value is -0.190. The summed E-state index contributed by atoms with van der Waals surface area (Å²) in [6.45, 7) is 0.0271. The fourth-order valence-corrected chi connectivity index (χ4v) is 2.17. The predicted molar refractivity (Wildman–Crippen MR) is 71.5 cm³/mol. The summed E-state index contributed by atoms with van der Waals surface area (Å²) in [5.41, 5.74) is 0. The van der Waals surface area contributed by atoms with Crippen molar-refractivity contribution < 1.29 is 69.3 Å². The first kappa shape index (κ1) is 26.0. The summed E-state index contributed by atoms with van der Waals surface area (Å²) in [4.78, 5) is 11.6. The van der Waals surface area contributed by atoms with Crippen LogP contribution in [0.2, 0.25) is 0 Å². The van der Waals surface area contributed by atoms with Gasteiger partial charge < -0.3 is 13.5 Å². The number of hydrogen-bond acceptors (Lipinski definition) is 5. The minimum Gasteiger partial charge on any atom is -0.465 e. The van der Waals surface area contributed by atoms with E-state index in [0.29, 0.717) is 0 Å². The van der Waals surface area contributed by atoms with Gasteiger partial charge in [0.05, 0.1) is 19.0 Å². The Labute approximate surface area is 161 Å². The van der Waals surface area contributed by atoms with Gasteiger partial charge in [0.15, 0.2) is 5.92 Å². The van der Waals surface area contributed by atoms with Gasteiger partial charge in [0, 0.05) is 0 Å². The summed E-state index contributed by atoms with van der Waals surface area (Å²) in [5.74, 6) is -4.38. The normalized spacial score (nSPS) is 15.0. The zero-order chi connectivity index (χ0) is 17.9. The minimum absolute atomic E-state index is 0. The summed E-state index contributed by atoms with van der Waals surface area (Å²) in [6.07, 6.45) is 1.11. The van der Waals surface area contributed by atoms with E-state index in [9.17, 15) is 22.4 Å². The third-order valence-corrected chi connectivity index (χ3v) is 3.34. The molecule has 1 rings (SSSR count). The van der Waals surface area contributed by atoms with Crippen LogP contribution in [0.3, 0.4) is 0 Å². The largest absolute Gasteiger partial charge is 1.00 e. The molecule has 0 bridgehead atoms. The monoisotopic (exact) mass is 386 g/mol. The predicted octanol–water partition coefficient (Wildman–Crippen LogP) is 0.344. The first-order valence-electron chi connectivity index (χ1n) is 7.16. The Balaban J connectivity index is 0. The van der Waals surface area contributed by atoms with Gasteiger partial charge >= 0.3 is 46.1 Å². The van der Waals surface area contributed by atoms with Gasteiger partial charge in [0.2, 0.25) is 0 Å². The first-order valence-corrected chi connectivity index (χ1v) is 8.16. The zero-order valence-corrected chi connectivity index (χ0v) is 16.2. The standard InChI is InChI=1S/C13H19F4O2.Na.O3S/c14-12(15)13(16,17)8-4-5-9-19-11(18)10-6-2-1-3-7-10;;1-4(2)3/h10H,1-9H2;;/q-1;+1;. The van der Waals surface area contributed by atoms with Gasteiger partial charge in [-0.25, -0.2) is 8.78 Å². The summed E-state index contributed by atoms with van der Waals surface area (Å²) < 4.78 is 78.9. The molecule has 1 aliphatic rings. The second kappa shape index (κ2) is 14.0. The number of carbonyl (C=O) groups is 1. The number of unbranched alkanes of at least 4 members (excludes halogenated alkanes) is 1. The number of ether oxygens (including phenoxy) is 1. The number of esters is 1. The van der Waals surface area contributed by atoms with Crippen molar-refractivity contribution in [2.24, 2.45) is 5.92 Å². The summed E-state index contributed by atoms with van der Waals surface area (Å²) in [5, 5.41) is 0. The maximum absolute atomic E-state index is 12.5. The van der Waals surface area contributed by atoms with Gasteiger partial charge in [0.25, 0.3) is 0 Å². The average Bonchev–Trinajstić information content (AvgIpc) is 2.46. The SMILES string of the molecule is O=C(OCCCCC(F)(F)[C-](F)F)C1CCCCC1.O=S(=O)=O.[Na+]. The Bertz CT molecular complexity index is 445. The van der Waals surface area contributed by atoms with Crippen molar-refractivity contribution in [1.82, 2.24) is 0 Å². The van der Waals surface area contributed by atoms with E-state index >= 15 is 0 Å². The van der Waals surface area contributed by atoms with Crippen LogP contribution in [0.1, 0.15) is 51.4 Å². The van der Waals surface area contributed by atoms with Crippen LogP contribution in [0.4, 0.5) is 17.6 Å². The zero-order valence-electron chi connectivity index (χ0n) is 13.4. The van der Waals surface area contributed by atoms with Crippen molar-refractivity contribution in [1.29, 1.82) is 0 Å². The number of alkyl halides is 2. The molecule has 1 aliphatic carbocycles. The molecule has 0 saturated heterocycles. The van der Waals surface area contributed by atoms with Crippen LogP contribution in [-0.4, -0.2) is 31.1 Å². The van der Waals surface area contributed by atoms with Gasteiger partial charge in [-0.05, 0) is 32.1 Å². The van der Waals surface area contributed by atoms with Crippen molar-refractivity contribution in [3.05, 3.63) is 6.43 Å². The molecule has 1 saturated carbocycles. The molecule has 0 aliphatic heterocycles. The molecule has 0 atom stereocenters. The number of carbonyl (C=O) groups excluding carboxylic acids is 1. The summed E-state index contributed by atoms with van der Waals surface area (Å²) in [6, 6.07) is 0. The van der Waals surface area contributed by atoms with E-state index in [4.69, 9.17) is 17.4 Å². The average molecular weight is 386 g/mol. The van der Waals surface area contributed by atoms with E-state index in [1.807, 2.05) is 0 Å².